The van der Waals surface area contributed by atoms with E-state index in [4.69, 9.17) is 9.72 Å². The zero-order valence-electron chi connectivity index (χ0n) is 19.1. The van der Waals surface area contributed by atoms with Crippen molar-refractivity contribution in [2.45, 2.75) is 0 Å². The minimum absolute atomic E-state index is 0.152. The van der Waals surface area contributed by atoms with Crippen LogP contribution in [0.3, 0.4) is 0 Å². The van der Waals surface area contributed by atoms with Gasteiger partial charge in [0.15, 0.2) is 5.13 Å². The summed E-state index contributed by atoms with van der Waals surface area (Å²) in [5.41, 5.74) is 6.19. The molecule has 6 heteroatoms. The Kier molecular flexibility index (Phi) is 6.55. The second-order valence-corrected chi connectivity index (χ2v) is 8.73. The maximum absolute atomic E-state index is 12.8. The monoisotopic (exact) mass is 477 g/mol. The van der Waals surface area contributed by atoms with Gasteiger partial charge in [0, 0.05) is 33.9 Å². The van der Waals surface area contributed by atoms with Gasteiger partial charge in [-0.15, -0.1) is 11.3 Å². The average Bonchev–Trinajstić information content (AvgIpc) is 3.38. The van der Waals surface area contributed by atoms with E-state index >= 15 is 0 Å². The summed E-state index contributed by atoms with van der Waals surface area (Å²) >= 11 is 1.52. The first-order chi connectivity index (χ1) is 17.2. The van der Waals surface area contributed by atoms with Gasteiger partial charge < -0.3 is 15.4 Å². The minimum Gasteiger partial charge on any atom is -0.497 e. The van der Waals surface area contributed by atoms with E-state index in [-0.39, 0.29) is 5.91 Å². The molecule has 0 aliphatic rings. The highest BCUT2D eigenvalue weighted by molar-refractivity contribution is 7.14. The topological polar surface area (TPSA) is 63.2 Å². The summed E-state index contributed by atoms with van der Waals surface area (Å²) in [6.07, 6.45) is 0. The number of nitrogens with zero attached hydrogens (tertiary/aromatic N) is 1. The third kappa shape index (κ3) is 5.39. The summed E-state index contributed by atoms with van der Waals surface area (Å²) in [6.45, 7) is 0. The summed E-state index contributed by atoms with van der Waals surface area (Å²) in [6, 6.07) is 33.1. The van der Waals surface area contributed by atoms with Gasteiger partial charge >= 0.3 is 0 Å². The molecule has 0 atom stereocenters. The predicted molar refractivity (Wildman–Crippen MR) is 144 cm³/mol. The van der Waals surface area contributed by atoms with E-state index in [9.17, 15) is 4.79 Å². The normalized spacial score (nSPS) is 10.5. The number of hydrogen-bond donors (Lipinski definition) is 2. The van der Waals surface area contributed by atoms with Gasteiger partial charge in [0.2, 0.25) is 0 Å². The molecule has 1 aromatic heterocycles. The molecule has 4 aromatic carbocycles. The highest BCUT2D eigenvalue weighted by atomic mass is 32.1. The molecule has 1 amide bonds. The van der Waals surface area contributed by atoms with Crippen LogP contribution in [-0.4, -0.2) is 18.0 Å². The van der Waals surface area contributed by atoms with Gasteiger partial charge in [0.1, 0.15) is 5.75 Å². The van der Waals surface area contributed by atoms with Gasteiger partial charge in [0.25, 0.3) is 5.91 Å². The largest absolute Gasteiger partial charge is 0.497 e. The quantitative estimate of drug-likeness (QED) is 0.255. The number of carbonyl (C=O) groups excluding carboxylic acids is 1. The van der Waals surface area contributed by atoms with Crippen LogP contribution in [0.4, 0.5) is 16.5 Å². The van der Waals surface area contributed by atoms with Crippen molar-refractivity contribution in [2.24, 2.45) is 0 Å². The molecule has 35 heavy (non-hydrogen) atoms. The maximum atomic E-state index is 12.8. The molecule has 1 heterocycles. The van der Waals surface area contributed by atoms with Crippen LogP contribution in [-0.2, 0) is 0 Å². The molecule has 5 aromatic rings. The number of anilines is 3. The van der Waals surface area contributed by atoms with Gasteiger partial charge in [-0.25, -0.2) is 4.98 Å². The molecule has 0 saturated heterocycles. The Labute approximate surface area is 208 Å². The van der Waals surface area contributed by atoms with Crippen LogP contribution in [0.25, 0.3) is 22.4 Å². The Hall–Kier alpha value is -4.42. The number of aromatic nitrogens is 1. The number of hydrogen-bond acceptors (Lipinski definition) is 5. The van der Waals surface area contributed by atoms with E-state index < -0.39 is 0 Å². The fourth-order valence-corrected chi connectivity index (χ4v) is 4.43. The summed E-state index contributed by atoms with van der Waals surface area (Å²) in [5.74, 6) is 0.630. The molecular weight excluding hydrogens is 454 g/mol. The standard InChI is InChI=1S/C29H23N3O2S/c1-34-26-12-6-11-25(18-26)31-29-32-27(19-35-29)23-9-5-10-24(17-23)30-28(33)22-15-13-21(14-16-22)20-7-3-2-4-8-20/h2-19H,1H3,(H,30,33)(H,31,32). The molecule has 5 nitrogen and oxygen atoms in total. The van der Waals surface area contributed by atoms with Crippen molar-refractivity contribution in [3.63, 3.8) is 0 Å². The first-order valence-electron chi connectivity index (χ1n) is 11.1. The van der Waals surface area contributed by atoms with E-state index in [1.165, 1.54) is 11.3 Å². The fourth-order valence-electron chi connectivity index (χ4n) is 3.69. The molecule has 0 aliphatic carbocycles. The average molecular weight is 478 g/mol. The van der Waals surface area contributed by atoms with Crippen molar-refractivity contribution in [1.82, 2.24) is 4.98 Å². The maximum Gasteiger partial charge on any atom is 0.255 e. The molecule has 0 fully saturated rings. The fraction of sp³-hybridized carbons (Fsp3) is 0.0345. The second-order valence-electron chi connectivity index (χ2n) is 7.87. The summed E-state index contributed by atoms with van der Waals surface area (Å²) in [5, 5.41) is 9.08. The Morgan fingerprint density at radius 3 is 2.29 bits per heavy atom. The Morgan fingerprint density at radius 1 is 0.771 bits per heavy atom. The molecule has 172 valence electrons. The molecule has 0 aliphatic heterocycles. The Balaban J connectivity index is 1.27. The Bertz CT molecular complexity index is 1450. The summed E-state index contributed by atoms with van der Waals surface area (Å²) in [7, 11) is 1.64. The van der Waals surface area contributed by atoms with Crippen molar-refractivity contribution in [3.8, 4) is 28.1 Å². The van der Waals surface area contributed by atoms with E-state index in [1.807, 2.05) is 96.4 Å². The molecular formula is C29H23N3O2S. The van der Waals surface area contributed by atoms with Crippen LogP contribution >= 0.6 is 11.3 Å². The number of benzene rings is 4. The van der Waals surface area contributed by atoms with Crippen LogP contribution in [0.2, 0.25) is 0 Å². The number of methoxy groups -OCH3 is 1. The number of amides is 1. The van der Waals surface area contributed by atoms with Crippen LogP contribution in [0.1, 0.15) is 10.4 Å². The number of rotatable bonds is 7. The van der Waals surface area contributed by atoms with Gasteiger partial charge in [0.05, 0.1) is 12.8 Å². The van der Waals surface area contributed by atoms with Crippen molar-refractivity contribution >= 4 is 33.8 Å². The smallest absolute Gasteiger partial charge is 0.255 e. The highest BCUT2D eigenvalue weighted by Gasteiger charge is 2.10. The first-order valence-corrected chi connectivity index (χ1v) is 12.0. The third-order valence-electron chi connectivity index (χ3n) is 5.50. The third-order valence-corrected chi connectivity index (χ3v) is 6.25. The van der Waals surface area contributed by atoms with E-state index in [2.05, 4.69) is 22.8 Å². The number of nitrogens with one attached hydrogen (secondary N) is 2. The van der Waals surface area contributed by atoms with E-state index in [1.54, 1.807) is 7.11 Å². The highest BCUT2D eigenvalue weighted by Crippen LogP contribution is 2.29. The lowest BCUT2D eigenvalue weighted by Crippen LogP contribution is -2.11. The number of thiazole rings is 1. The van der Waals surface area contributed by atoms with Gasteiger partial charge in [-0.05, 0) is 47.5 Å². The van der Waals surface area contributed by atoms with Crippen LogP contribution in [0, 0.1) is 0 Å². The molecule has 0 radical (unpaired) electrons. The lowest BCUT2D eigenvalue weighted by Gasteiger charge is -2.08. The summed E-state index contributed by atoms with van der Waals surface area (Å²) in [4.78, 5) is 17.5. The second kappa shape index (κ2) is 10.2. The molecule has 0 spiro atoms. The summed E-state index contributed by atoms with van der Waals surface area (Å²) < 4.78 is 5.28. The van der Waals surface area contributed by atoms with Crippen molar-refractivity contribution in [1.29, 1.82) is 0 Å². The minimum atomic E-state index is -0.152. The van der Waals surface area contributed by atoms with Crippen molar-refractivity contribution in [3.05, 3.63) is 114 Å². The zero-order chi connectivity index (χ0) is 24.0. The van der Waals surface area contributed by atoms with Gasteiger partial charge in [-0.2, -0.15) is 0 Å². The molecule has 0 saturated carbocycles. The van der Waals surface area contributed by atoms with Gasteiger partial charge in [-0.3, -0.25) is 4.79 Å². The molecule has 0 bridgehead atoms. The van der Waals surface area contributed by atoms with Crippen LogP contribution < -0.4 is 15.4 Å². The van der Waals surface area contributed by atoms with E-state index in [0.717, 1.165) is 44.6 Å². The van der Waals surface area contributed by atoms with Crippen LogP contribution in [0.5, 0.6) is 5.75 Å². The lowest BCUT2D eigenvalue weighted by atomic mass is 10.0. The van der Waals surface area contributed by atoms with Crippen molar-refractivity contribution < 1.29 is 9.53 Å². The van der Waals surface area contributed by atoms with Gasteiger partial charge in [-0.1, -0.05) is 60.7 Å². The Morgan fingerprint density at radius 2 is 1.49 bits per heavy atom. The lowest BCUT2D eigenvalue weighted by molar-refractivity contribution is 0.102. The molecule has 2 N–H and O–H groups in total. The zero-order valence-corrected chi connectivity index (χ0v) is 19.9. The predicted octanol–water partition coefficient (Wildman–Crippen LogP) is 7.48. The molecule has 0 unspecified atom stereocenters. The van der Waals surface area contributed by atoms with Crippen molar-refractivity contribution in [2.75, 3.05) is 17.7 Å². The first kappa shape index (κ1) is 22.4. The number of carbonyl (C=O) groups is 1. The van der Waals surface area contributed by atoms with Crippen LogP contribution in [0.15, 0.2) is 109 Å². The SMILES string of the molecule is COc1cccc(Nc2nc(-c3cccc(NC(=O)c4ccc(-c5ccccc5)cc4)c3)cs2)c1. The molecule has 5 rings (SSSR count). The van der Waals surface area contributed by atoms with E-state index in [0.29, 0.717) is 5.56 Å². The number of ether oxygens (including phenoxy) is 1.